The molecular weight excluding hydrogens is 480 g/mol. The van der Waals surface area contributed by atoms with Crippen molar-refractivity contribution in [2.45, 2.75) is 50.3 Å². The number of carbonyl (C=O) groups is 1. The highest BCUT2D eigenvalue weighted by atomic mass is 16.6. The van der Waals surface area contributed by atoms with E-state index < -0.39 is 31.1 Å². The third-order valence-corrected chi connectivity index (χ3v) is 6.33. The molecule has 4 aromatic rings. The molecule has 0 radical (unpaired) electrons. The number of nitrogens with two attached hydrogens (primary N) is 1. The highest BCUT2D eigenvalue weighted by molar-refractivity contribution is 5.85. The Bertz CT molecular complexity index is 1370. The number of amides is 1. The van der Waals surface area contributed by atoms with Gasteiger partial charge in [0.15, 0.2) is 29.0 Å². The molecule has 3 aromatic heterocycles. The van der Waals surface area contributed by atoms with Crippen molar-refractivity contribution < 1.29 is 24.9 Å². The van der Waals surface area contributed by atoms with Gasteiger partial charge in [-0.25, -0.2) is 15.0 Å². The van der Waals surface area contributed by atoms with Crippen LogP contribution < -0.4 is 11.1 Å². The number of nitrogens with zero attached hydrogens (tertiary/aromatic N) is 5. The molecule has 1 aliphatic rings. The van der Waals surface area contributed by atoms with E-state index in [9.17, 15) is 20.1 Å². The summed E-state index contributed by atoms with van der Waals surface area (Å²) in [7, 11) is 0. The van der Waals surface area contributed by atoms with Crippen LogP contribution in [0.5, 0.6) is 0 Å². The summed E-state index contributed by atoms with van der Waals surface area (Å²) in [6.45, 7) is 0.0236. The van der Waals surface area contributed by atoms with Gasteiger partial charge in [0.1, 0.15) is 24.0 Å². The lowest BCUT2D eigenvalue weighted by Gasteiger charge is -2.17. The zero-order chi connectivity index (χ0) is 25.9. The lowest BCUT2D eigenvalue weighted by molar-refractivity contribution is -0.118. The van der Waals surface area contributed by atoms with E-state index in [1.165, 1.54) is 10.9 Å². The van der Waals surface area contributed by atoms with Crippen LogP contribution in [0.4, 0.5) is 5.82 Å². The van der Waals surface area contributed by atoms with E-state index >= 15 is 0 Å². The Morgan fingerprint density at radius 2 is 2.00 bits per heavy atom. The molecule has 1 aromatic carbocycles. The average Bonchev–Trinajstić information content (AvgIpc) is 3.61. The molecule has 4 heterocycles. The van der Waals surface area contributed by atoms with Crippen molar-refractivity contribution in [3.05, 3.63) is 54.0 Å². The number of H-pyrrole nitrogens is 1. The van der Waals surface area contributed by atoms with Crippen LogP contribution in [-0.4, -0.2) is 75.9 Å². The summed E-state index contributed by atoms with van der Waals surface area (Å²) in [6.07, 6.45) is -0.0910. The molecule has 7 N–H and O–H groups in total. The first-order valence-corrected chi connectivity index (χ1v) is 11.9. The lowest BCUT2D eigenvalue weighted by Crippen LogP contribution is -2.33. The van der Waals surface area contributed by atoms with Crippen LogP contribution in [0.3, 0.4) is 0 Å². The van der Waals surface area contributed by atoms with Crippen molar-refractivity contribution >= 4 is 22.9 Å². The second kappa shape index (κ2) is 10.6. The molecule has 4 atom stereocenters. The van der Waals surface area contributed by atoms with Gasteiger partial charge >= 0.3 is 0 Å². The topological polar surface area (TPSA) is 197 Å². The number of imidazole rings is 1. The van der Waals surface area contributed by atoms with Gasteiger partial charge in [-0.2, -0.15) is 5.10 Å². The number of ether oxygens (including phenoxy) is 1. The van der Waals surface area contributed by atoms with Gasteiger partial charge in [-0.05, 0) is 18.4 Å². The molecule has 5 rings (SSSR count). The zero-order valence-electron chi connectivity index (χ0n) is 19.9. The number of hydrogen-bond donors (Lipinski definition) is 6. The lowest BCUT2D eigenvalue weighted by atomic mass is 10.1. The molecule has 1 aliphatic heterocycles. The molecule has 0 bridgehead atoms. The number of fused-ring (bicyclic) bond motifs is 1. The summed E-state index contributed by atoms with van der Waals surface area (Å²) < 4.78 is 7.23. The van der Waals surface area contributed by atoms with Crippen molar-refractivity contribution in [1.82, 2.24) is 29.7 Å². The van der Waals surface area contributed by atoms with Crippen LogP contribution in [0, 0.1) is 0 Å². The fourth-order valence-electron chi connectivity index (χ4n) is 4.38. The number of nitrogens with one attached hydrogen (secondary N) is 2. The molecule has 13 nitrogen and oxygen atoms in total. The molecule has 1 amide bonds. The van der Waals surface area contributed by atoms with Crippen molar-refractivity contribution in [3.8, 4) is 11.5 Å². The number of benzene rings is 1. The number of aryl methyl sites for hydroxylation is 1. The summed E-state index contributed by atoms with van der Waals surface area (Å²) in [4.78, 5) is 25.1. The van der Waals surface area contributed by atoms with Gasteiger partial charge in [-0.1, -0.05) is 30.3 Å². The minimum atomic E-state index is -1.30. The first kappa shape index (κ1) is 24.8. The maximum Gasteiger partial charge on any atom is 0.217 e. The summed E-state index contributed by atoms with van der Waals surface area (Å²) in [5.41, 5.74) is 8.49. The molecule has 0 saturated carbocycles. The quantitative estimate of drug-likeness (QED) is 0.173. The standard InChI is InChI=1S/C24H28N8O5/c25-16(34)8-4-7-14-10-28-31-17(14)22-29-21(26-9-13-5-2-1-3-6-13)18-23(30-22)32(12-27-18)24-20(36)19(35)15(11-33)37-24/h1-3,5-6,10,12,15,19-20,24,33,35-36H,4,7-9,11H2,(H2,25,34)(H,28,31)(H,26,29,30)/t15-,19-,20-,24-/m1/s1. The van der Waals surface area contributed by atoms with Crippen LogP contribution in [-0.2, 0) is 22.5 Å². The van der Waals surface area contributed by atoms with Gasteiger partial charge < -0.3 is 31.1 Å². The molecular formula is C24H28N8O5. The van der Waals surface area contributed by atoms with Crippen molar-refractivity contribution in [2.75, 3.05) is 11.9 Å². The maximum atomic E-state index is 11.2. The third-order valence-electron chi connectivity index (χ3n) is 6.33. The Hall–Kier alpha value is -3.91. The second-order valence-corrected chi connectivity index (χ2v) is 8.88. The number of hydrogen-bond acceptors (Lipinski definition) is 10. The SMILES string of the molecule is NC(=O)CCCc1cn[nH]c1-c1nc(NCc2ccccc2)c2ncn([C@@H]3O[C@H](CO)[C@@H](O)[C@H]3O)c2n1. The van der Waals surface area contributed by atoms with E-state index in [4.69, 9.17) is 20.4 Å². The summed E-state index contributed by atoms with van der Waals surface area (Å²) in [5.74, 6) is 0.396. The van der Waals surface area contributed by atoms with Gasteiger partial charge in [-0.3, -0.25) is 14.5 Å². The van der Waals surface area contributed by atoms with E-state index in [0.717, 1.165) is 11.1 Å². The van der Waals surface area contributed by atoms with Crippen molar-refractivity contribution in [2.24, 2.45) is 5.73 Å². The summed E-state index contributed by atoms with van der Waals surface area (Å²) in [5, 5.41) is 40.8. The number of primary amides is 1. The number of aromatic nitrogens is 6. The Kier molecular flexibility index (Phi) is 7.10. The van der Waals surface area contributed by atoms with Gasteiger partial charge in [-0.15, -0.1) is 0 Å². The van der Waals surface area contributed by atoms with Crippen LogP contribution in [0.1, 0.15) is 30.2 Å². The largest absolute Gasteiger partial charge is 0.394 e. The molecule has 1 saturated heterocycles. The number of aliphatic hydroxyl groups is 3. The predicted octanol–water partition coefficient (Wildman–Crippen LogP) is 0.248. The zero-order valence-corrected chi connectivity index (χ0v) is 19.9. The first-order chi connectivity index (χ1) is 18.0. The monoisotopic (exact) mass is 508 g/mol. The number of aromatic amines is 1. The van der Waals surface area contributed by atoms with E-state index in [1.807, 2.05) is 30.3 Å². The molecule has 0 spiro atoms. The van der Waals surface area contributed by atoms with Gasteiger partial charge in [0, 0.05) is 18.5 Å². The van der Waals surface area contributed by atoms with Gasteiger partial charge in [0.05, 0.1) is 19.1 Å². The average molecular weight is 509 g/mol. The minimum absolute atomic E-state index is 0.242. The molecule has 13 heteroatoms. The van der Waals surface area contributed by atoms with Gasteiger partial charge in [0.2, 0.25) is 5.91 Å². The predicted molar refractivity (Wildman–Crippen MR) is 132 cm³/mol. The van der Waals surface area contributed by atoms with E-state index in [-0.39, 0.29) is 12.3 Å². The molecule has 0 aliphatic carbocycles. The Labute approximate surface area is 211 Å². The minimum Gasteiger partial charge on any atom is -0.394 e. The normalized spacial score (nSPS) is 21.5. The summed E-state index contributed by atoms with van der Waals surface area (Å²) in [6, 6.07) is 9.78. The Morgan fingerprint density at radius 1 is 1.19 bits per heavy atom. The fraction of sp³-hybridized carbons (Fsp3) is 0.375. The smallest absolute Gasteiger partial charge is 0.217 e. The van der Waals surface area contributed by atoms with Crippen molar-refractivity contribution in [1.29, 1.82) is 0 Å². The van der Waals surface area contributed by atoms with Crippen molar-refractivity contribution in [3.63, 3.8) is 0 Å². The number of carbonyl (C=O) groups excluding carboxylic acids is 1. The first-order valence-electron chi connectivity index (χ1n) is 11.9. The molecule has 194 valence electrons. The number of aliphatic hydroxyl groups excluding tert-OH is 3. The number of anilines is 1. The van der Waals surface area contributed by atoms with Crippen LogP contribution >= 0.6 is 0 Å². The maximum absolute atomic E-state index is 11.2. The third kappa shape index (κ3) is 5.02. The van der Waals surface area contributed by atoms with Gasteiger partial charge in [0.25, 0.3) is 0 Å². The molecule has 37 heavy (non-hydrogen) atoms. The van der Waals surface area contributed by atoms with E-state index in [0.29, 0.717) is 47.9 Å². The van der Waals surface area contributed by atoms with E-state index in [2.05, 4.69) is 20.5 Å². The summed E-state index contributed by atoms with van der Waals surface area (Å²) >= 11 is 0. The van der Waals surface area contributed by atoms with Crippen LogP contribution in [0.15, 0.2) is 42.9 Å². The molecule has 1 fully saturated rings. The van der Waals surface area contributed by atoms with Crippen LogP contribution in [0.2, 0.25) is 0 Å². The van der Waals surface area contributed by atoms with Crippen LogP contribution in [0.25, 0.3) is 22.7 Å². The highest BCUT2D eigenvalue weighted by Crippen LogP contribution is 2.33. The molecule has 0 unspecified atom stereocenters. The second-order valence-electron chi connectivity index (χ2n) is 8.88. The fourth-order valence-corrected chi connectivity index (χ4v) is 4.38. The Morgan fingerprint density at radius 3 is 2.73 bits per heavy atom. The van der Waals surface area contributed by atoms with E-state index in [1.54, 1.807) is 6.20 Å². The number of rotatable bonds is 10. The highest BCUT2D eigenvalue weighted by Gasteiger charge is 2.44. The Balaban J connectivity index is 1.55.